The zero-order valence-electron chi connectivity index (χ0n) is 12.9. The Hall–Kier alpha value is -2.11. The van der Waals surface area contributed by atoms with Crippen molar-refractivity contribution < 1.29 is 18.3 Å². The standard InChI is InChI=1S/C17H18F2N2O2/c1-23-12-3-2-11-8-14(20-13(11)9-12)15(22)21-6-4-16(5-7-21)10-17(16,18)19/h2-3,8-9,20H,4-7,10H2,1H3. The van der Waals surface area contributed by atoms with Crippen molar-refractivity contribution in [2.45, 2.75) is 25.2 Å². The number of amides is 1. The Morgan fingerprint density at radius 2 is 1.96 bits per heavy atom. The van der Waals surface area contributed by atoms with Gasteiger partial charge in [0.25, 0.3) is 11.8 Å². The van der Waals surface area contributed by atoms with E-state index in [1.807, 2.05) is 18.2 Å². The van der Waals surface area contributed by atoms with Gasteiger partial charge in [-0.15, -0.1) is 0 Å². The van der Waals surface area contributed by atoms with E-state index in [1.165, 1.54) is 0 Å². The van der Waals surface area contributed by atoms with Gasteiger partial charge in [0, 0.05) is 41.9 Å². The molecule has 4 nitrogen and oxygen atoms in total. The number of rotatable bonds is 2. The van der Waals surface area contributed by atoms with Crippen LogP contribution >= 0.6 is 0 Å². The third kappa shape index (κ3) is 2.19. The second-order valence-electron chi connectivity index (χ2n) is 6.59. The number of halogens is 2. The molecule has 2 aliphatic rings. The number of aromatic amines is 1. The zero-order chi connectivity index (χ0) is 16.2. The van der Waals surface area contributed by atoms with Crippen LogP contribution in [0.5, 0.6) is 5.75 Å². The first-order chi connectivity index (χ1) is 10.9. The molecule has 1 saturated heterocycles. The van der Waals surface area contributed by atoms with Crippen LogP contribution in [-0.2, 0) is 0 Å². The van der Waals surface area contributed by atoms with Crippen LogP contribution in [0, 0.1) is 5.41 Å². The summed E-state index contributed by atoms with van der Waals surface area (Å²) in [6.07, 6.45) is 0.758. The first kappa shape index (κ1) is 14.5. The van der Waals surface area contributed by atoms with Crippen molar-refractivity contribution in [1.29, 1.82) is 0 Å². The van der Waals surface area contributed by atoms with Crippen molar-refractivity contribution in [3.8, 4) is 5.75 Å². The Kier molecular flexibility index (Phi) is 2.95. The van der Waals surface area contributed by atoms with E-state index in [9.17, 15) is 13.6 Å². The Balaban J connectivity index is 1.51. The third-order valence-corrected chi connectivity index (χ3v) is 5.28. The lowest BCUT2D eigenvalue weighted by Crippen LogP contribution is -2.40. The number of carbonyl (C=O) groups excluding carboxylic acids is 1. The Labute approximate surface area is 132 Å². The number of nitrogens with zero attached hydrogens (tertiary/aromatic N) is 1. The smallest absolute Gasteiger partial charge is 0.270 e. The molecule has 1 aliphatic heterocycles. The van der Waals surface area contributed by atoms with E-state index in [0.717, 1.165) is 10.9 Å². The number of hydrogen-bond acceptors (Lipinski definition) is 2. The number of hydrogen-bond donors (Lipinski definition) is 1. The molecule has 0 unspecified atom stereocenters. The second kappa shape index (κ2) is 4.69. The maximum atomic E-state index is 13.4. The van der Waals surface area contributed by atoms with Crippen molar-refractivity contribution in [1.82, 2.24) is 9.88 Å². The number of benzene rings is 1. The molecule has 1 spiro atoms. The van der Waals surface area contributed by atoms with Gasteiger partial charge in [-0.1, -0.05) is 0 Å². The molecule has 2 fully saturated rings. The summed E-state index contributed by atoms with van der Waals surface area (Å²) in [6.45, 7) is 0.792. The molecular weight excluding hydrogens is 302 g/mol. The van der Waals surface area contributed by atoms with Crippen molar-refractivity contribution in [2.75, 3.05) is 20.2 Å². The summed E-state index contributed by atoms with van der Waals surface area (Å²) in [6, 6.07) is 7.36. The van der Waals surface area contributed by atoms with E-state index >= 15 is 0 Å². The molecule has 1 aromatic carbocycles. The van der Waals surface area contributed by atoms with Crippen LogP contribution in [0.2, 0.25) is 0 Å². The van der Waals surface area contributed by atoms with Gasteiger partial charge in [0.05, 0.1) is 7.11 Å². The normalized spacial score (nSPS) is 21.6. The van der Waals surface area contributed by atoms with Crippen LogP contribution in [0.15, 0.2) is 24.3 Å². The number of H-pyrrole nitrogens is 1. The highest BCUT2D eigenvalue weighted by Crippen LogP contribution is 2.65. The highest BCUT2D eigenvalue weighted by atomic mass is 19.3. The topological polar surface area (TPSA) is 45.3 Å². The zero-order valence-corrected chi connectivity index (χ0v) is 12.9. The number of carbonyl (C=O) groups is 1. The molecule has 2 aromatic rings. The minimum absolute atomic E-state index is 0.0196. The van der Waals surface area contributed by atoms with Crippen LogP contribution in [-0.4, -0.2) is 41.9 Å². The first-order valence-electron chi connectivity index (χ1n) is 7.78. The van der Waals surface area contributed by atoms with Gasteiger partial charge in [-0.05, 0) is 31.0 Å². The van der Waals surface area contributed by atoms with Crippen LogP contribution in [0.3, 0.4) is 0 Å². The summed E-state index contributed by atoms with van der Waals surface area (Å²) in [5, 5.41) is 0.927. The lowest BCUT2D eigenvalue weighted by Gasteiger charge is -2.32. The Morgan fingerprint density at radius 1 is 1.26 bits per heavy atom. The predicted molar refractivity (Wildman–Crippen MR) is 82.0 cm³/mol. The van der Waals surface area contributed by atoms with Crippen LogP contribution in [0.1, 0.15) is 29.8 Å². The number of fused-ring (bicyclic) bond motifs is 1. The molecule has 0 bridgehead atoms. The molecule has 1 aliphatic carbocycles. The molecule has 1 saturated carbocycles. The maximum Gasteiger partial charge on any atom is 0.270 e. The molecule has 6 heteroatoms. The maximum absolute atomic E-state index is 13.4. The number of likely N-dealkylation sites (tertiary alicyclic amines) is 1. The van der Waals surface area contributed by atoms with E-state index in [-0.39, 0.29) is 12.3 Å². The average Bonchev–Trinajstić information content (AvgIpc) is 2.90. The molecule has 122 valence electrons. The van der Waals surface area contributed by atoms with Crippen LogP contribution in [0.4, 0.5) is 8.78 Å². The van der Waals surface area contributed by atoms with Crippen molar-refractivity contribution in [3.63, 3.8) is 0 Å². The van der Waals surface area contributed by atoms with E-state index in [1.54, 1.807) is 18.1 Å². The number of nitrogens with one attached hydrogen (secondary N) is 1. The SMILES string of the molecule is COc1ccc2cc(C(=O)N3CCC4(CC3)CC4(F)F)[nH]c2c1. The predicted octanol–water partition coefficient (Wildman–Crippen LogP) is 3.44. The lowest BCUT2D eigenvalue weighted by molar-refractivity contribution is 0.0283. The number of piperidine rings is 1. The minimum atomic E-state index is -2.53. The molecular formula is C17H18F2N2O2. The van der Waals surface area contributed by atoms with Crippen molar-refractivity contribution in [3.05, 3.63) is 30.0 Å². The van der Waals surface area contributed by atoms with Gasteiger partial charge in [0.1, 0.15) is 11.4 Å². The van der Waals surface area contributed by atoms with E-state index in [4.69, 9.17) is 4.74 Å². The first-order valence-corrected chi connectivity index (χ1v) is 7.78. The summed E-state index contributed by atoms with van der Waals surface area (Å²) in [5.74, 6) is -1.94. The Bertz CT molecular complexity index is 776. The van der Waals surface area contributed by atoms with Crippen LogP contribution in [0.25, 0.3) is 10.9 Å². The van der Waals surface area contributed by atoms with Gasteiger partial charge in [-0.25, -0.2) is 8.78 Å². The fraction of sp³-hybridized carbons (Fsp3) is 0.471. The van der Waals surface area contributed by atoms with Gasteiger partial charge >= 0.3 is 0 Å². The van der Waals surface area contributed by atoms with Crippen LogP contribution < -0.4 is 4.74 Å². The Morgan fingerprint density at radius 3 is 2.57 bits per heavy atom. The number of aromatic nitrogens is 1. The molecule has 1 aromatic heterocycles. The van der Waals surface area contributed by atoms with E-state index in [2.05, 4.69) is 4.98 Å². The fourth-order valence-corrected chi connectivity index (χ4v) is 3.58. The monoisotopic (exact) mass is 320 g/mol. The molecule has 1 amide bonds. The molecule has 0 atom stereocenters. The lowest BCUT2D eigenvalue weighted by atomic mass is 9.92. The van der Waals surface area contributed by atoms with Crippen molar-refractivity contribution >= 4 is 16.8 Å². The van der Waals surface area contributed by atoms with Gasteiger partial charge in [-0.2, -0.15) is 0 Å². The number of methoxy groups -OCH3 is 1. The number of ether oxygens (including phenoxy) is 1. The molecule has 2 heterocycles. The number of alkyl halides is 2. The molecule has 0 radical (unpaired) electrons. The third-order valence-electron chi connectivity index (χ3n) is 5.28. The van der Waals surface area contributed by atoms with Gasteiger partial charge < -0.3 is 14.6 Å². The quantitative estimate of drug-likeness (QED) is 0.921. The van der Waals surface area contributed by atoms with E-state index < -0.39 is 11.3 Å². The molecule has 1 N–H and O–H groups in total. The summed E-state index contributed by atoms with van der Waals surface area (Å²) < 4.78 is 32.0. The highest BCUT2D eigenvalue weighted by molar-refractivity contribution is 5.98. The summed E-state index contributed by atoms with van der Waals surface area (Å²) in [4.78, 5) is 17.4. The van der Waals surface area contributed by atoms with Crippen molar-refractivity contribution in [2.24, 2.45) is 5.41 Å². The van der Waals surface area contributed by atoms with Gasteiger partial charge in [0.15, 0.2) is 0 Å². The largest absolute Gasteiger partial charge is 0.497 e. The summed E-state index contributed by atoms with van der Waals surface area (Å²) >= 11 is 0. The summed E-state index contributed by atoms with van der Waals surface area (Å²) in [5.41, 5.74) is 0.485. The summed E-state index contributed by atoms with van der Waals surface area (Å²) in [7, 11) is 1.59. The average molecular weight is 320 g/mol. The van der Waals surface area contributed by atoms with Gasteiger partial charge in [0.2, 0.25) is 0 Å². The highest BCUT2D eigenvalue weighted by Gasteiger charge is 2.70. The minimum Gasteiger partial charge on any atom is -0.497 e. The second-order valence-corrected chi connectivity index (χ2v) is 6.59. The van der Waals surface area contributed by atoms with Gasteiger partial charge in [-0.3, -0.25) is 4.79 Å². The van der Waals surface area contributed by atoms with E-state index in [0.29, 0.717) is 37.4 Å². The molecule has 23 heavy (non-hydrogen) atoms. The fourth-order valence-electron chi connectivity index (χ4n) is 3.58. The molecule has 4 rings (SSSR count).